The molecule has 20 heavy (non-hydrogen) atoms. The number of nitrogens with zero attached hydrogens (tertiary/aromatic N) is 1. The Balaban J connectivity index is 1.70. The molecule has 0 aliphatic carbocycles. The van der Waals surface area contributed by atoms with Crippen molar-refractivity contribution in [1.29, 1.82) is 0 Å². The molecule has 1 aromatic rings. The summed E-state index contributed by atoms with van der Waals surface area (Å²) in [5.41, 5.74) is 2.81. The van der Waals surface area contributed by atoms with Crippen LogP contribution in [0.4, 0.5) is 0 Å². The molecule has 4 nitrogen and oxygen atoms in total. The van der Waals surface area contributed by atoms with Gasteiger partial charge in [0.05, 0.1) is 11.5 Å². The second-order valence-electron chi connectivity index (χ2n) is 5.76. The third-order valence-corrected chi connectivity index (χ3v) is 6.02. The highest BCUT2D eigenvalue weighted by Gasteiger charge is 2.24. The molecule has 1 fully saturated rings. The highest BCUT2D eigenvalue weighted by Crippen LogP contribution is 2.23. The summed E-state index contributed by atoms with van der Waals surface area (Å²) in [6, 6.07) is 8.92. The molecule has 0 bridgehead atoms. The summed E-state index contributed by atoms with van der Waals surface area (Å²) in [4.78, 5) is 2.30. The monoisotopic (exact) mass is 294 g/mol. The van der Waals surface area contributed by atoms with Gasteiger partial charge in [0.2, 0.25) is 0 Å². The third kappa shape index (κ3) is 3.22. The summed E-state index contributed by atoms with van der Waals surface area (Å²) < 4.78 is 23.3. The Morgan fingerprint density at radius 3 is 2.95 bits per heavy atom. The number of benzene rings is 1. The number of hydrogen-bond acceptors (Lipinski definition) is 4. The Morgan fingerprint density at radius 1 is 1.20 bits per heavy atom. The van der Waals surface area contributed by atoms with Crippen molar-refractivity contribution in [2.24, 2.45) is 0 Å². The highest BCUT2D eigenvalue weighted by molar-refractivity contribution is 7.91. The molecule has 0 saturated carbocycles. The second-order valence-corrected chi connectivity index (χ2v) is 8.07. The molecule has 2 heterocycles. The molecule has 1 saturated heterocycles. The quantitative estimate of drug-likeness (QED) is 0.884. The van der Waals surface area contributed by atoms with Gasteiger partial charge >= 0.3 is 0 Å². The van der Waals surface area contributed by atoms with E-state index in [0.717, 1.165) is 32.5 Å². The summed E-state index contributed by atoms with van der Waals surface area (Å²) in [6.45, 7) is 3.47. The number of sulfone groups is 1. The normalized spacial score (nSPS) is 26.7. The largest absolute Gasteiger partial charge is 0.309 e. The molecule has 0 amide bonds. The second kappa shape index (κ2) is 5.84. The van der Waals surface area contributed by atoms with Crippen LogP contribution >= 0.6 is 0 Å². The maximum Gasteiger partial charge on any atom is 0.151 e. The minimum atomic E-state index is -2.82. The average Bonchev–Trinajstić information content (AvgIpc) is 2.61. The molecule has 0 aromatic heterocycles. The molecule has 1 unspecified atom stereocenters. The first kappa shape index (κ1) is 14.0. The van der Waals surface area contributed by atoms with Gasteiger partial charge < -0.3 is 10.2 Å². The first-order valence-corrected chi connectivity index (χ1v) is 9.20. The zero-order chi connectivity index (χ0) is 14.0. The van der Waals surface area contributed by atoms with Crippen molar-refractivity contribution in [1.82, 2.24) is 10.2 Å². The van der Waals surface area contributed by atoms with Crippen LogP contribution in [0.2, 0.25) is 0 Å². The van der Waals surface area contributed by atoms with E-state index in [1.807, 2.05) is 0 Å². The molecule has 1 atom stereocenters. The highest BCUT2D eigenvalue weighted by atomic mass is 32.2. The van der Waals surface area contributed by atoms with Crippen LogP contribution in [-0.2, 0) is 16.3 Å². The van der Waals surface area contributed by atoms with Gasteiger partial charge in [0, 0.05) is 19.1 Å². The van der Waals surface area contributed by atoms with Crippen molar-refractivity contribution in [2.45, 2.75) is 18.9 Å². The predicted molar refractivity (Wildman–Crippen MR) is 80.6 cm³/mol. The van der Waals surface area contributed by atoms with E-state index in [0.29, 0.717) is 24.1 Å². The zero-order valence-corrected chi connectivity index (χ0v) is 12.5. The smallest absolute Gasteiger partial charge is 0.151 e. The molecule has 5 heteroatoms. The van der Waals surface area contributed by atoms with Crippen LogP contribution in [0.15, 0.2) is 24.3 Å². The molecule has 0 spiro atoms. The predicted octanol–water partition coefficient (Wildman–Crippen LogP) is 0.994. The number of hydrogen-bond donors (Lipinski definition) is 1. The van der Waals surface area contributed by atoms with E-state index >= 15 is 0 Å². The maximum atomic E-state index is 11.7. The summed E-state index contributed by atoms with van der Waals surface area (Å²) >= 11 is 0. The third-order valence-electron chi connectivity index (χ3n) is 4.30. The molecule has 110 valence electrons. The van der Waals surface area contributed by atoms with Crippen molar-refractivity contribution >= 4 is 9.84 Å². The Labute approximate surface area is 121 Å². The van der Waals surface area contributed by atoms with Crippen molar-refractivity contribution < 1.29 is 8.42 Å². The molecule has 2 aliphatic heterocycles. The summed E-state index contributed by atoms with van der Waals surface area (Å²) in [7, 11) is -2.82. The van der Waals surface area contributed by atoms with Gasteiger partial charge in [-0.3, -0.25) is 0 Å². The van der Waals surface area contributed by atoms with Gasteiger partial charge in [-0.1, -0.05) is 24.3 Å². The number of nitrogens with one attached hydrogen (secondary N) is 1. The summed E-state index contributed by atoms with van der Waals surface area (Å²) in [5.74, 6) is 0.652. The van der Waals surface area contributed by atoms with Gasteiger partial charge in [0.25, 0.3) is 0 Å². The van der Waals surface area contributed by atoms with Crippen molar-refractivity contribution in [3.63, 3.8) is 0 Å². The van der Waals surface area contributed by atoms with Crippen molar-refractivity contribution in [3.05, 3.63) is 35.4 Å². The lowest BCUT2D eigenvalue weighted by Gasteiger charge is -2.31. The minimum absolute atomic E-state index is 0.307. The topological polar surface area (TPSA) is 49.4 Å². The fraction of sp³-hybridized carbons (Fsp3) is 0.600. The van der Waals surface area contributed by atoms with Gasteiger partial charge in [0.15, 0.2) is 9.84 Å². The molecule has 2 aliphatic rings. The average molecular weight is 294 g/mol. The first-order chi connectivity index (χ1) is 9.64. The molecular formula is C15H22N2O2S. The van der Waals surface area contributed by atoms with E-state index < -0.39 is 9.84 Å². The number of rotatable bonds is 2. The van der Waals surface area contributed by atoms with E-state index in [-0.39, 0.29) is 0 Å². The van der Waals surface area contributed by atoms with E-state index in [4.69, 9.17) is 0 Å². The SMILES string of the molecule is O=S1(=O)CCCN(CC2NCCc3ccccc32)CC1. The molecule has 1 aromatic carbocycles. The Bertz CT molecular complexity index is 571. The zero-order valence-electron chi connectivity index (χ0n) is 11.7. The molecule has 1 N–H and O–H groups in total. The lowest BCUT2D eigenvalue weighted by molar-refractivity contribution is 0.255. The van der Waals surface area contributed by atoms with Gasteiger partial charge in [-0.15, -0.1) is 0 Å². The van der Waals surface area contributed by atoms with Crippen LogP contribution in [0, 0.1) is 0 Å². The van der Waals surface area contributed by atoms with Crippen molar-refractivity contribution in [3.8, 4) is 0 Å². The van der Waals surface area contributed by atoms with Crippen LogP contribution in [-0.4, -0.2) is 51.0 Å². The Kier molecular flexibility index (Phi) is 4.10. The summed E-state index contributed by atoms with van der Waals surface area (Å²) in [5, 5.41) is 3.57. The lowest BCUT2D eigenvalue weighted by Crippen LogP contribution is -2.40. The van der Waals surface area contributed by atoms with Crippen LogP contribution in [0.25, 0.3) is 0 Å². The van der Waals surface area contributed by atoms with Crippen LogP contribution in [0.5, 0.6) is 0 Å². The lowest BCUT2D eigenvalue weighted by atomic mass is 9.94. The van der Waals surface area contributed by atoms with Gasteiger partial charge in [-0.2, -0.15) is 0 Å². The molecular weight excluding hydrogens is 272 g/mol. The van der Waals surface area contributed by atoms with E-state index in [2.05, 4.69) is 34.5 Å². The maximum absolute atomic E-state index is 11.7. The van der Waals surface area contributed by atoms with Crippen LogP contribution in [0.3, 0.4) is 0 Å². The van der Waals surface area contributed by atoms with Gasteiger partial charge in [-0.25, -0.2) is 8.42 Å². The fourth-order valence-electron chi connectivity index (χ4n) is 3.19. The van der Waals surface area contributed by atoms with Gasteiger partial charge in [-0.05, 0) is 37.1 Å². The minimum Gasteiger partial charge on any atom is -0.309 e. The van der Waals surface area contributed by atoms with E-state index in [9.17, 15) is 8.42 Å². The van der Waals surface area contributed by atoms with Crippen LogP contribution in [0.1, 0.15) is 23.6 Å². The van der Waals surface area contributed by atoms with Crippen molar-refractivity contribution in [2.75, 3.05) is 37.7 Å². The molecule has 3 rings (SSSR count). The van der Waals surface area contributed by atoms with E-state index in [1.54, 1.807) is 0 Å². The van der Waals surface area contributed by atoms with Gasteiger partial charge in [0.1, 0.15) is 0 Å². The standard InChI is InChI=1S/C15H22N2O2S/c18-20(19)10-3-8-17(9-11-20)12-15-14-5-2-1-4-13(14)6-7-16-15/h1-2,4-5,15-16H,3,6-12H2. The fourth-order valence-corrected chi connectivity index (χ4v) is 4.50. The Hall–Kier alpha value is -0.910. The Morgan fingerprint density at radius 2 is 2.05 bits per heavy atom. The van der Waals surface area contributed by atoms with Crippen LogP contribution < -0.4 is 5.32 Å². The summed E-state index contributed by atoms with van der Waals surface area (Å²) in [6.07, 6.45) is 1.84. The molecule has 0 radical (unpaired) electrons. The number of fused-ring (bicyclic) bond motifs is 1. The first-order valence-electron chi connectivity index (χ1n) is 7.38. The van der Waals surface area contributed by atoms with E-state index in [1.165, 1.54) is 11.1 Å².